The molecule has 0 radical (unpaired) electrons. The minimum atomic E-state index is 0.240. The van der Waals surface area contributed by atoms with E-state index in [9.17, 15) is 0 Å². The highest BCUT2D eigenvalue weighted by Gasteiger charge is 2.17. The standard InChI is InChI=1S/C50H37Br2N/c51-45-25-19-44(20-26-45)50(43-17-15-40(16-18-43)37-7-3-1-4-8-37)35-36-11-13-39(14-12-36)42-23-31-48(32-24-42)53(49-33-27-46(52)28-34-49)47-29-21-41(22-30-47)38-9-5-2-6-10-38/h1-34,50H,35H2. The van der Waals surface area contributed by atoms with Gasteiger partial charge in [-0.05, 0) is 117 Å². The van der Waals surface area contributed by atoms with E-state index in [1.54, 1.807) is 0 Å². The van der Waals surface area contributed by atoms with Crippen LogP contribution in [0.5, 0.6) is 0 Å². The highest BCUT2D eigenvalue weighted by molar-refractivity contribution is 9.10. The van der Waals surface area contributed by atoms with Crippen LogP contribution in [0.4, 0.5) is 17.1 Å². The molecule has 3 heteroatoms. The van der Waals surface area contributed by atoms with Crippen LogP contribution in [0, 0.1) is 0 Å². The predicted molar refractivity (Wildman–Crippen MR) is 231 cm³/mol. The predicted octanol–water partition coefficient (Wildman–Crippen LogP) is 15.1. The Bertz CT molecular complexity index is 2370. The van der Waals surface area contributed by atoms with Crippen LogP contribution < -0.4 is 4.90 Å². The molecule has 0 N–H and O–H groups in total. The van der Waals surface area contributed by atoms with Crippen molar-refractivity contribution in [3.05, 3.63) is 232 Å². The SMILES string of the molecule is Brc1ccc(C(Cc2ccc(-c3ccc(N(c4ccc(Br)cc4)c4ccc(-c5ccccc5)cc4)cc3)cc2)c2ccc(-c3ccccc3)cc2)cc1. The summed E-state index contributed by atoms with van der Waals surface area (Å²) in [5.41, 5.74) is 14.5. The first-order chi connectivity index (χ1) is 26.1. The molecule has 256 valence electrons. The van der Waals surface area contributed by atoms with E-state index >= 15 is 0 Å². The number of nitrogens with zero attached hydrogens (tertiary/aromatic N) is 1. The Labute approximate surface area is 329 Å². The lowest BCUT2D eigenvalue weighted by molar-refractivity contribution is 0.805. The van der Waals surface area contributed by atoms with Gasteiger partial charge in [0.05, 0.1) is 0 Å². The van der Waals surface area contributed by atoms with E-state index in [2.05, 4.69) is 243 Å². The summed E-state index contributed by atoms with van der Waals surface area (Å²) >= 11 is 7.24. The summed E-state index contributed by atoms with van der Waals surface area (Å²) < 4.78 is 2.15. The summed E-state index contributed by atoms with van der Waals surface area (Å²) in [7, 11) is 0. The molecule has 0 aliphatic heterocycles. The van der Waals surface area contributed by atoms with Crippen LogP contribution in [0.2, 0.25) is 0 Å². The maximum Gasteiger partial charge on any atom is 0.0462 e. The summed E-state index contributed by atoms with van der Waals surface area (Å²) in [6.45, 7) is 0. The van der Waals surface area contributed by atoms with Crippen molar-refractivity contribution in [3.8, 4) is 33.4 Å². The summed E-state index contributed by atoms with van der Waals surface area (Å²) in [5.74, 6) is 0.240. The minimum Gasteiger partial charge on any atom is -0.311 e. The molecule has 1 nitrogen and oxygen atoms in total. The van der Waals surface area contributed by atoms with Gasteiger partial charge in [-0.15, -0.1) is 0 Å². The molecule has 0 aromatic heterocycles. The number of hydrogen-bond acceptors (Lipinski definition) is 1. The first-order valence-electron chi connectivity index (χ1n) is 17.9. The summed E-state index contributed by atoms with van der Waals surface area (Å²) in [6, 6.07) is 74.3. The van der Waals surface area contributed by atoms with Crippen molar-refractivity contribution in [3.63, 3.8) is 0 Å². The van der Waals surface area contributed by atoms with Crippen LogP contribution in [0.15, 0.2) is 215 Å². The molecule has 8 rings (SSSR count). The van der Waals surface area contributed by atoms with E-state index in [1.165, 1.54) is 50.1 Å². The van der Waals surface area contributed by atoms with Gasteiger partial charge in [0, 0.05) is 31.9 Å². The second-order valence-electron chi connectivity index (χ2n) is 13.3. The minimum absolute atomic E-state index is 0.240. The zero-order valence-corrected chi connectivity index (χ0v) is 32.3. The number of rotatable bonds is 10. The number of anilines is 3. The molecule has 0 fully saturated rings. The molecule has 8 aromatic carbocycles. The van der Waals surface area contributed by atoms with Crippen molar-refractivity contribution in [1.29, 1.82) is 0 Å². The molecule has 0 saturated carbocycles. The molecule has 0 spiro atoms. The van der Waals surface area contributed by atoms with E-state index in [1.807, 2.05) is 0 Å². The molecule has 1 unspecified atom stereocenters. The third kappa shape index (κ3) is 8.13. The molecular formula is C50H37Br2N. The average Bonchev–Trinajstić information content (AvgIpc) is 3.23. The topological polar surface area (TPSA) is 3.24 Å². The monoisotopic (exact) mass is 809 g/mol. The van der Waals surface area contributed by atoms with E-state index in [4.69, 9.17) is 0 Å². The lowest BCUT2D eigenvalue weighted by Crippen LogP contribution is -2.09. The molecular weight excluding hydrogens is 774 g/mol. The van der Waals surface area contributed by atoms with E-state index in [-0.39, 0.29) is 5.92 Å². The molecule has 1 atom stereocenters. The fraction of sp³-hybridized carbons (Fsp3) is 0.0400. The Hall–Kier alpha value is -5.48. The Kier molecular flexibility index (Phi) is 10.5. The molecule has 0 aliphatic carbocycles. The molecule has 0 saturated heterocycles. The Morgan fingerprint density at radius 2 is 0.623 bits per heavy atom. The molecule has 8 aromatic rings. The van der Waals surface area contributed by atoms with Gasteiger partial charge in [-0.3, -0.25) is 0 Å². The van der Waals surface area contributed by atoms with Gasteiger partial charge in [-0.2, -0.15) is 0 Å². The van der Waals surface area contributed by atoms with E-state index < -0.39 is 0 Å². The van der Waals surface area contributed by atoms with Crippen molar-refractivity contribution in [2.24, 2.45) is 0 Å². The normalized spacial score (nSPS) is 11.6. The molecule has 0 amide bonds. The van der Waals surface area contributed by atoms with Crippen LogP contribution in [-0.4, -0.2) is 0 Å². The van der Waals surface area contributed by atoms with Crippen molar-refractivity contribution >= 4 is 48.9 Å². The molecule has 53 heavy (non-hydrogen) atoms. The third-order valence-corrected chi connectivity index (χ3v) is 10.9. The van der Waals surface area contributed by atoms with Gasteiger partial charge in [0.15, 0.2) is 0 Å². The van der Waals surface area contributed by atoms with Gasteiger partial charge < -0.3 is 4.90 Å². The molecule has 0 bridgehead atoms. The average molecular weight is 812 g/mol. The summed E-state index contributed by atoms with van der Waals surface area (Å²) in [6.07, 6.45) is 0.913. The van der Waals surface area contributed by atoms with Gasteiger partial charge in [0.2, 0.25) is 0 Å². The number of benzene rings is 8. The van der Waals surface area contributed by atoms with Crippen molar-refractivity contribution < 1.29 is 0 Å². The Morgan fingerprint density at radius 1 is 0.321 bits per heavy atom. The van der Waals surface area contributed by atoms with Crippen LogP contribution in [0.3, 0.4) is 0 Å². The summed E-state index contributed by atoms with van der Waals surface area (Å²) in [5, 5.41) is 0. The van der Waals surface area contributed by atoms with Crippen LogP contribution in [0.25, 0.3) is 33.4 Å². The van der Waals surface area contributed by atoms with Crippen LogP contribution in [0.1, 0.15) is 22.6 Å². The van der Waals surface area contributed by atoms with Crippen LogP contribution in [-0.2, 0) is 6.42 Å². The Morgan fingerprint density at radius 3 is 1.04 bits per heavy atom. The van der Waals surface area contributed by atoms with Gasteiger partial charge in [0.1, 0.15) is 0 Å². The fourth-order valence-corrected chi connectivity index (χ4v) is 7.53. The lowest BCUT2D eigenvalue weighted by Gasteiger charge is -2.26. The maximum absolute atomic E-state index is 3.63. The van der Waals surface area contributed by atoms with E-state index in [0.29, 0.717) is 0 Å². The van der Waals surface area contributed by atoms with Crippen molar-refractivity contribution in [2.45, 2.75) is 12.3 Å². The first kappa shape index (κ1) is 34.6. The van der Waals surface area contributed by atoms with Crippen molar-refractivity contribution in [2.75, 3.05) is 4.90 Å². The second-order valence-corrected chi connectivity index (χ2v) is 15.1. The van der Waals surface area contributed by atoms with Crippen molar-refractivity contribution in [1.82, 2.24) is 0 Å². The van der Waals surface area contributed by atoms with Gasteiger partial charge >= 0.3 is 0 Å². The fourth-order valence-electron chi connectivity index (χ4n) is 7.00. The van der Waals surface area contributed by atoms with Crippen LogP contribution >= 0.6 is 31.9 Å². The summed E-state index contributed by atoms with van der Waals surface area (Å²) in [4.78, 5) is 2.31. The van der Waals surface area contributed by atoms with Gasteiger partial charge in [-0.1, -0.05) is 177 Å². The van der Waals surface area contributed by atoms with Gasteiger partial charge in [0.25, 0.3) is 0 Å². The number of hydrogen-bond donors (Lipinski definition) is 0. The smallest absolute Gasteiger partial charge is 0.0462 e. The third-order valence-electron chi connectivity index (χ3n) is 9.86. The highest BCUT2D eigenvalue weighted by Crippen LogP contribution is 2.38. The largest absolute Gasteiger partial charge is 0.311 e. The van der Waals surface area contributed by atoms with E-state index in [0.717, 1.165) is 32.4 Å². The second kappa shape index (κ2) is 16.0. The number of halogens is 2. The lowest BCUT2D eigenvalue weighted by atomic mass is 9.85. The maximum atomic E-state index is 3.63. The highest BCUT2D eigenvalue weighted by atomic mass is 79.9. The zero-order valence-electron chi connectivity index (χ0n) is 29.1. The van der Waals surface area contributed by atoms with Gasteiger partial charge in [-0.25, -0.2) is 0 Å². The molecule has 0 heterocycles. The Balaban J connectivity index is 1.04. The quantitative estimate of drug-likeness (QED) is 0.133. The molecule has 0 aliphatic rings. The zero-order chi connectivity index (χ0) is 36.0. The first-order valence-corrected chi connectivity index (χ1v) is 19.5.